The van der Waals surface area contributed by atoms with Crippen LogP contribution in [-0.2, 0) is 0 Å². The van der Waals surface area contributed by atoms with E-state index in [4.69, 9.17) is 4.74 Å². The lowest BCUT2D eigenvalue weighted by Crippen LogP contribution is -1.97. The van der Waals surface area contributed by atoms with Gasteiger partial charge in [0, 0.05) is 5.33 Å². The van der Waals surface area contributed by atoms with Gasteiger partial charge in [-0.1, -0.05) is 58.4 Å². The Morgan fingerprint density at radius 1 is 0.737 bits per heavy atom. The number of unbranched alkanes of at least 4 members (excludes halogenated alkanes) is 2. The Labute approximate surface area is 123 Å². The number of rotatable bonds is 7. The zero-order valence-corrected chi connectivity index (χ0v) is 12.6. The molecule has 0 N–H and O–H groups in total. The molecule has 0 amide bonds. The first-order chi connectivity index (χ1) is 9.40. The largest absolute Gasteiger partial charge is 0.494 e. The van der Waals surface area contributed by atoms with Crippen molar-refractivity contribution >= 4 is 15.9 Å². The van der Waals surface area contributed by atoms with Gasteiger partial charge in [-0.25, -0.2) is 0 Å². The number of hydrogen-bond acceptors (Lipinski definition) is 1. The predicted octanol–water partition coefficient (Wildman–Crippen LogP) is 5.30. The molecule has 0 aliphatic rings. The fraction of sp³-hybridized carbons (Fsp3) is 0.294. The molecule has 100 valence electrons. The lowest BCUT2D eigenvalue weighted by molar-refractivity contribution is 0.306. The number of hydrogen-bond donors (Lipinski definition) is 0. The summed E-state index contributed by atoms with van der Waals surface area (Å²) in [7, 11) is 0. The van der Waals surface area contributed by atoms with E-state index < -0.39 is 0 Å². The van der Waals surface area contributed by atoms with E-state index in [1.807, 2.05) is 18.2 Å². The number of halogens is 1. The van der Waals surface area contributed by atoms with E-state index in [0.29, 0.717) is 0 Å². The van der Waals surface area contributed by atoms with E-state index in [1.165, 1.54) is 24.0 Å². The van der Waals surface area contributed by atoms with Gasteiger partial charge >= 0.3 is 0 Å². The Kier molecular flexibility index (Phi) is 5.96. The zero-order valence-electron chi connectivity index (χ0n) is 11.0. The first kappa shape index (κ1) is 14.1. The monoisotopic (exact) mass is 318 g/mol. The smallest absolute Gasteiger partial charge is 0.119 e. The molecule has 2 heteroatoms. The van der Waals surface area contributed by atoms with Gasteiger partial charge in [0.25, 0.3) is 0 Å². The molecule has 0 fully saturated rings. The minimum absolute atomic E-state index is 0.803. The van der Waals surface area contributed by atoms with Gasteiger partial charge in [0.15, 0.2) is 0 Å². The number of benzene rings is 2. The highest BCUT2D eigenvalue weighted by Gasteiger charge is 1.98. The van der Waals surface area contributed by atoms with E-state index in [-0.39, 0.29) is 0 Å². The van der Waals surface area contributed by atoms with Gasteiger partial charge in [-0.3, -0.25) is 0 Å². The molecule has 0 heterocycles. The highest BCUT2D eigenvalue weighted by Crippen LogP contribution is 2.22. The molecule has 0 bridgehead atoms. The van der Waals surface area contributed by atoms with Crippen LogP contribution in [0.2, 0.25) is 0 Å². The standard InChI is InChI=1S/C17H19BrO/c18-13-5-2-6-14-19-17-11-9-16(10-12-17)15-7-3-1-4-8-15/h1,3-4,7-12H,2,5-6,13-14H2. The average Bonchev–Trinajstić information content (AvgIpc) is 2.49. The molecule has 0 saturated heterocycles. The second-order valence-electron chi connectivity index (χ2n) is 4.49. The van der Waals surface area contributed by atoms with Crippen molar-refractivity contribution in [2.24, 2.45) is 0 Å². The van der Waals surface area contributed by atoms with Crippen molar-refractivity contribution in [2.75, 3.05) is 11.9 Å². The van der Waals surface area contributed by atoms with Crippen molar-refractivity contribution < 1.29 is 4.74 Å². The van der Waals surface area contributed by atoms with Crippen LogP contribution in [0.3, 0.4) is 0 Å². The highest BCUT2D eigenvalue weighted by atomic mass is 79.9. The Bertz CT molecular complexity index is 464. The van der Waals surface area contributed by atoms with Crippen molar-refractivity contribution in [1.82, 2.24) is 0 Å². The summed E-state index contributed by atoms with van der Waals surface area (Å²) in [5.74, 6) is 0.957. The van der Waals surface area contributed by atoms with Gasteiger partial charge in [0.05, 0.1) is 6.61 Å². The molecule has 1 nitrogen and oxygen atoms in total. The van der Waals surface area contributed by atoms with Gasteiger partial charge in [0.2, 0.25) is 0 Å². The summed E-state index contributed by atoms with van der Waals surface area (Å²) in [6.07, 6.45) is 3.55. The molecule has 2 rings (SSSR count). The molecule has 0 unspecified atom stereocenters. The molecular formula is C17H19BrO. The average molecular weight is 319 g/mol. The van der Waals surface area contributed by atoms with E-state index in [0.717, 1.165) is 24.1 Å². The topological polar surface area (TPSA) is 9.23 Å². The summed E-state index contributed by atoms with van der Waals surface area (Å²) < 4.78 is 5.73. The SMILES string of the molecule is BrCCCCCOc1ccc(-c2ccccc2)cc1. The molecular weight excluding hydrogens is 300 g/mol. The van der Waals surface area contributed by atoms with Gasteiger partial charge in [-0.2, -0.15) is 0 Å². The Morgan fingerprint density at radius 3 is 2.11 bits per heavy atom. The highest BCUT2D eigenvalue weighted by molar-refractivity contribution is 9.09. The maximum atomic E-state index is 5.73. The summed E-state index contributed by atoms with van der Waals surface area (Å²) in [4.78, 5) is 0. The third kappa shape index (κ3) is 4.71. The van der Waals surface area contributed by atoms with Crippen LogP contribution in [0.1, 0.15) is 19.3 Å². The lowest BCUT2D eigenvalue weighted by atomic mass is 10.1. The van der Waals surface area contributed by atoms with Crippen molar-refractivity contribution in [1.29, 1.82) is 0 Å². The van der Waals surface area contributed by atoms with E-state index in [9.17, 15) is 0 Å². The fourth-order valence-electron chi connectivity index (χ4n) is 1.94. The summed E-state index contributed by atoms with van der Waals surface area (Å²) in [6, 6.07) is 18.7. The zero-order chi connectivity index (χ0) is 13.3. The normalized spacial score (nSPS) is 10.4. The van der Waals surface area contributed by atoms with Crippen LogP contribution in [0.15, 0.2) is 54.6 Å². The minimum Gasteiger partial charge on any atom is -0.494 e. The maximum absolute atomic E-state index is 5.73. The number of alkyl halides is 1. The van der Waals surface area contributed by atoms with E-state index >= 15 is 0 Å². The van der Waals surface area contributed by atoms with Crippen LogP contribution in [0, 0.1) is 0 Å². The van der Waals surface area contributed by atoms with Crippen molar-refractivity contribution in [2.45, 2.75) is 19.3 Å². The van der Waals surface area contributed by atoms with Crippen molar-refractivity contribution in [3.05, 3.63) is 54.6 Å². The molecule has 0 spiro atoms. The van der Waals surface area contributed by atoms with Crippen LogP contribution in [-0.4, -0.2) is 11.9 Å². The Hall–Kier alpha value is -1.28. The molecule has 2 aromatic carbocycles. The van der Waals surface area contributed by atoms with Gasteiger partial charge in [0.1, 0.15) is 5.75 Å². The van der Waals surface area contributed by atoms with Crippen molar-refractivity contribution in [3.63, 3.8) is 0 Å². The Morgan fingerprint density at radius 2 is 1.42 bits per heavy atom. The predicted molar refractivity (Wildman–Crippen MR) is 85.0 cm³/mol. The second kappa shape index (κ2) is 8.00. The quantitative estimate of drug-likeness (QED) is 0.497. The molecule has 0 aromatic heterocycles. The van der Waals surface area contributed by atoms with Crippen LogP contribution in [0.5, 0.6) is 5.75 Å². The molecule has 0 aliphatic carbocycles. The first-order valence-electron chi connectivity index (χ1n) is 6.74. The van der Waals surface area contributed by atoms with E-state index in [1.54, 1.807) is 0 Å². The molecule has 2 aromatic rings. The first-order valence-corrected chi connectivity index (χ1v) is 7.86. The summed E-state index contributed by atoms with van der Waals surface area (Å²) in [5, 5.41) is 1.08. The molecule has 0 atom stereocenters. The Balaban J connectivity index is 1.85. The van der Waals surface area contributed by atoms with E-state index in [2.05, 4.69) is 52.3 Å². The maximum Gasteiger partial charge on any atom is 0.119 e. The van der Waals surface area contributed by atoms with Gasteiger partial charge < -0.3 is 4.74 Å². The van der Waals surface area contributed by atoms with Gasteiger partial charge in [-0.15, -0.1) is 0 Å². The molecule has 0 radical (unpaired) electrons. The van der Waals surface area contributed by atoms with Crippen LogP contribution >= 0.6 is 15.9 Å². The third-order valence-electron chi connectivity index (χ3n) is 3.01. The minimum atomic E-state index is 0.803. The van der Waals surface area contributed by atoms with Crippen molar-refractivity contribution in [3.8, 4) is 16.9 Å². The molecule has 0 aliphatic heterocycles. The third-order valence-corrected chi connectivity index (χ3v) is 3.57. The van der Waals surface area contributed by atoms with Crippen LogP contribution in [0.25, 0.3) is 11.1 Å². The molecule has 0 saturated carbocycles. The van der Waals surface area contributed by atoms with Crippen LogP contribution in [0.4, 0.5) is 0 Å². The summed E-state index contributed by atoms with van der Waals surface area (Å²) in [5.41, 5.74) is 2.47. The summed E-state index contributed by atoms with van der Waals surface area (Å²) >= 11 is 3.44. The van der Waals surface area contributed by atoms with Gasteiger partial charge in [-0.05, 0) is 42.5 Å². The number of ether oxygens (including phenoxy) is 1. The summed E-state index contributed by atoms with van der Waals surface area (Å²) in [6.45, 7) is 0.803. The lowest BCUT2D eigenvalue weighted by Gasteiger charge is -2.07. The fourth-order valence-corrected chi connectivity index (χ4v) is 2.33. The second-order valence-corrected chi connectivity index (χ2v) is 5.28. The van der Waals surface area contributed by atoms with Crippen LogP contribution < -0.4 is 4.74 Å². The molecule has 19 heavy (non-hydrogen) atoms.